The van der Waals surface area contributed by atoms with Crippen LogP contribution in [0.25, 0.3) is 48.0 Å². The number of aliphatic hydroxyl groups excluding tert-OH is 1. The fourth-order valence-electron chi connectivity index (χ4n) is 4.40. The van der Waals surface area contributed by atoms with Crippen LogP contribution in [0.3, 0.4) is 0 Å². The van der Waals surface area contributed by atoms with Gasteiger partial charge in [-0.25, -0.2) is 0 Å². The van der Waals surface area contributed by atoms with E-state index in [0.717, 1.165) is 11.3 Å². The third-order valence-corrected chi connectivity index (χ3v) is 8.08. The number of hydrogen-bond acceptors (Lipinski definition) is 3. The predicted molar refractivity (Wildman–Crippen MR) is 141 cm³/mol. The van der Waals surface area contributed by atoms with Crippen LogP contribution in [-0.4, -0.2) is 9.67 Å². The first-order valence-electron chi connectivity index (χ1n) is 10.9. The molecular formula is C29H21NOS2. The van der Waals surface area contributed by atoms with Gasteiger partial charge in [-0.3, -0.25) is 0 Å². The van der Waals surface area contributed by atoms with Crippen LogP contribution >= 0.6 is 22.7 Å². The van der Waals surface area contributed by atoms with Crippen molar-refractivity contribution in [3.63, 3.8) is 0 Å². The second-order valence-electron chi connectivity index (χ2n) is 7.91. The summed E-state index contributed by atoms with van der Waals surface area (Å²) < 4.78 is 2.35. The number of hydrogen-bond donors (Lipinski definition) is 1. The van der Waals surface area contributed by atoms with Crippen LogP contribution in [-0.2, 0) is 6.61 Å². The van der Waals surface area contributed by atoms with Crippen molar-refractivity contribution in [2.75, 3.05) is 0 Å². The number of para-hydroxylation sites is 1. The average Bonchev–Trinajstić information content (AvgIpc) is 3.63. The molecule has 4 heteroatoms. The molecule has 6 aromatic rings. The Morgan fingerprint density at radius 1 is 0.667 bits per heavy atom. The van der Waals surface area contributed by atoms with E-state index in [1.807, 2.05) is 23.5 Å². The van der Waals surface area contributed by atoms with Crippen molar-refractivity contribution in [2.24, 2.45) is 0 Å². The Labute approximate surface area is 200 Å². The number of fused-ring (bicyclic) bond motifs is 1. The summed E-state index contributed by atoms with van der Waals surface area (Å²) in [5.74, 6) is 0. The van der Waals surface area contributed by atoms with E-state index in [2.05, 4.69) is 101 Å². The third-order valence-electron chi connectivity index (χ3n) is 5.92. The number of aromatic nitrogens is 1. The molecule has 3 heterocycles. The molecule has 2 nitrogen and oxygen atoms in total. The maximum atomic E-state index is 9.53. The first-order valence-corrected chi connectivity index (χ1v) is 12.6. The first-order chi connectivity index (χ1) is 16.3. The van der Waals surface area contributed by atoms with Gasteiger partial charge in [0.15, 0.2) is 0 Å². The van der Waals surface area contributed by atoms with E-state index in [9.17, 15) is 5.11 Å². The predicted octanol–water partition coefficient (Wildman–Crippen LogP) is 8.25. The molecule has 0 unspecified atom stereocenters. The largest absolute Gasteiger partial charge is 0.392 e. The van der Waals surface area contributed by atoms with Crippen molar-refractivity contribution in [2.45, 2.75) is 6.61 Å². The van der Waals surface area contributed by atoms with Crippen molar-refractivity contribution >= 4 is 33.6 Å². The maximum Gasteiger partial charge on any atom is 0.0681 e. The minimum absolute atomic E-state index is 0.0458. The maximum absolute atomic E-state index is 9.53. The fraction of sp³-hybridized carbons (Fsp3) is 0.0345. The first kappa shape index (κ1) is 20.2. The molecule has 0 atom stereocenters. The molecule has 3 aromatic carbocycles. The Morgan fingerprint density at radius 2 is 1.42 bits per heavy atom. The molecule has 0 aliphatic rings. The minimum Gasteiger partial charge on any atom is -0.392 e. The van der Waals surface area contributed by atoms with Crippen molar-refractivity contribution in [3.05, 3.63) is 114 Å². The Bertz CT molecular complexity index is 1520. The van der Waals surface area contributed by atoms with Crippen molar-refractivity contribution in [1.29, 1.82) is 0 Å². The summed E-state index contributed by atoms with van der Waals surface area (Å²) in [6.45, 7) is 0.0458. The van der Waals surface area contributed by atoms with E-state index in [4.69, 9.17) is 0 Å². The monoisotopic (exact) mass is 463 g/mol. The second-order valence-corrected chi connectivity index (χ2v) is 9.94. The number of nitrogens with zero attached hydrogens (tertiary/aromatic N) is 1. The highest BCUT2D eigenvalue weighted by Gasteiger charge is 2.22. The van der Waals surface area contributed by atoms with Crippen molar-refractivity contribution in [3.8, 4) is 37.1 Å². The Kier molecular flexibility index (Phi) is 5.19. The molecule has 1 N–H and O–H groups in total. The molecule has 0 amide bonds. The summed E-state index contributed by atoms with van der Waals surface area (Å²) in [6.07, 6.45) is 0. The zero-order valence-electron chi connectivity index (χ0n) is 17.8. The summed E-state index contributed by atoms with van der Waals surface area (Å²) >= 11 is 3.63. The molecule has 0 saturated carbocycles. The molecule has 0 fully saturated rings. The molecule has 6 rings (SSSR count). The van der Waals surface area contributed by atoms with Gasteiger partial charge in [0.05, 0.1) is 17.8 Å². The molecule has 33 heavy (non-hydrogen) atoms. The van der Waals surface area contributed by atoms with E-state index in [-0.39, 0.29) is 6.61 Å². The Balaban J connectivity index is 1.67. The fourth-order valence-corrected chi connectivity index (χ4v) is 6.30. The molecule has 0 aliphatic carbocycles. The zero-order chi connectivity index (χ0) is 22.2. The lowest BCUT2D eigenvalue weighted by Gasteiger charge is -2.13. The van der Waals surface area contributed by atoms with E-state index in [1.165, 1.54) is 42.4 Å². The van der Waals surface area contributed by atoms with Gasteiger partial charge in [-0.15, -0.1) is 22.7 Å². The van der Waals surface area contributed by atoms with E-state index >= 15 is 0 Å². The number of thiophene rings is 2. The molecule has 3 aromatic heterocycles. The van der Waals surface area contributed by atoms with Crippen LogP contribution in [0.5, 0.6) is 0 Å². The summed E-state index contributed by atoms with van der Waals surface area (Å²) in [7, 11) is 0. The summed E-state index contributed by atoms with van der Waals surface area (Å²) in [6, 6.07) is 36.2. The molecule has 0 spiro atoms. The highest BCUT2D eigenvalue weighted by molar-refractivity contribution is 7.23. The lowest BCUT2D eigenvalue weighted by atomic mass is 10.0. The van der Waals surface area contributed by atoms with Crippen LogP contribution in [0.1, 0.15) is 5.56 Å². The lowest BCUT2D eigenvalue weighted by molar-refractivity contribution is 0.282. The normalized spacial score (nSPS) is 11.3. The average molecular weight is 464 g/mol. The SMILES string of the molecule is OCc1ccc(-n2c(-c3ccccc3)c(-c3ccc(-c4cccs4)s3)c3ccccc32)cc1. The second kappa shape index (κ2) is 8.49. The molecule has 0 radical (unpaired) electrons. The van der Waals surface area contributed by atoms with Gasteiger partial charge in [-0.1, -0.05) is 66.7 Å². The number of benzene rings is 3. The third kappa shape index (κ3) is 3.53. The summed E-state index contributed by atoms with van der Waals surface area (Å²) in [5.41, 5.74) is 6.80. The minimum atomic E-state index is 0.0458. The molecule has 160 valence electrons. The molecule has 0 bridgehead atoms. The van der Waals surface area contributed by atoms with E-state index < -0.39 is 0 Å². The van der Waals surface area contributed by atoms with Gasteiger partial charge < -0.3 is 9.67 Å². The number of rotatable bonds is 5. The standard InChI is InChI=1S/C29H21NOS2/c31-19-20-12-14-22(15-13-20)30-24-10-5-4-9-23(24)28(29(30)21-7-2-1-3-8-21)27-17-16-26(33-27)25-11-6-18-32-25/h1-18,31H,19H2. The molecular weight excluding hydrogens is 442 g/mol. The van der Waals surface area contributed by atoms with Crippen LogP contribution in [0.2, 0.25) is 0 Å². The van der Waals surface area contributed by atoms with E-state index in [0.29, 0.717) is 0 Å². The van der Waals surface area contributed by atoms with Crippen LogP contribution < -0.4 is 0 Å². The van der Waals surface area contributed by atoms with Crippen LogP contribution in [0.15, 0.2) is 109 Å². The summed E-state index contributed by atoms with van der Waals surface area (Å²) in [5, 5.41) is 12.9. The Morgan fingerprint density at radius 3 is 2.18 bits per heavy atom. The van der Waals surface area contributed by atoms with Gasteiger partial charge in [0.2, 0.25) is 0 Å². The van der Waals surface area contributed by atoms with Gasteiger partial charge >= 0.3 is 0 Å². The van der Waals surface area contributed by atoms with Gasteiger partial charge in [-0.05, 0) is 52.9 Å². The lowest BCUT2D eigenvalue weighted by Crippen LogP contribution is -1.98. The van der Waals surface area contributed by atoms with Crippen LogP contribution in [0, 0.1) is 0 Å². The Hall–Kier alpha value is -3.44. The molecule has 0 saturated heterocycles. The number of aliphatic hydroxyl groups is 1. The highest BCUT2D eigenvalue weighted by Crippen LogP contribution is 2.46. The van der Waals surface area contributed by atoms with Crippen LogP contribution in [0.4, 0.5) is 0 Å². The van der Waals surface area contributed by atoms with Gasteiger partial charge in [0.1, 0.15) is 0 Å². The van der Waals surface area contributed by atoms with Gasteiger partial charge in [0, 0.05) is 31.3 Å². The smallest absolute Gasteiger partial charge is 0.0681 e. The van der Waals surface area contributed by atoms with Gasteiger partial charge in [-0.2, -0.15) is 0 Å². The molecule has 0 aliphatic heterocycles. The van der Waals surface area contributed by atoms with E-state index in [1.54, 1.807) is 11.3 Å². The topological polar surface area (TPSA) is 25.2 Å². The van der Waals surface area contributed by atoms with Crippen molar-refractivity contribution < 1.29 is 5.11 Å². The quantitative estimate of drug-likeness (QED) is 0.274. The van der Waals surface area contributed by atoms with Gasteiger partial charge in [0.25, 0.3) is 0 Å². The summed E-state index contributed by atoms with van der Waals surface area (Å²) in [4.78, 5) is 3.86. The highest BCUT2D eigenvalue weighted by atomic mass is 32.1. The zero-order valence-corrected chi connectivity index (χ0v) is 19.4. The van der Waals surface area contributed by atoms with Crippen molar-refractivity contribution in [1.82, 2.24) is 4.57 Å².